The molecular weight excluding hydrogens is 397 g/mol. The molecule has 0 radical (unpaired) electrons. The zero-order valence-corrected chi connectivity index (χ0v) is 16.5. The number of nitrogens with two attached hydrogens (primary N) is 1. The van der Waals surface area contributed by atoms with Crippen LogP contribution in [0.25, 0.3) is 0 Å². The molecule has 2 fully saturated rings. The molecule has 21 heavy (non-hydrogen) atoms. The summed E-state index contributed by atoms with van der Waals surface area (Å²) in [7, 11) is 2.20. The lowest BCUT2D eigenvalue weighted by Gasteiger charge is -2.33. The van der Waals surface area contributed by atoms with Crippen molar-refractivity contribution in [3.63, 3.8) is 0 Å². The maximum atomic E-state index is 6.09. The highest BCUT2D eigenvalue weighted by molar-refractivity contribution is 14.0. The number of hydrogen-bond acceptors (Lipinski definition) is 4. The van der Waals surface area contributed by atoms with Gasteiger partial charge in [0.2, 0.25) is 0 Å². The standard InChI is InChI=1S/C14H29N5S.HI/c1-13(12-18-5-3-17(2)4-6-18)11-16-14(15)19-7-9-20-10-8-19;/h13H,3-12H2,1-2H3,(H2,15,16);1H. The molecule has 2 N–H and O–H groups in total. The predicted octanol–water partition coefficient (Wildman–Crippen LogP) is 0.851. The van der Waals surface area contributed by atoms with Crippen LogP contribution in [0.1, 0.15) is 6.92 Å². The molecule has 7 heteroatoms. The van der Waals surface area contributed by atoms with Gasteiger partial charge < -0.3 is 20.4 Å². The van der Waals surface area contributed by atoms with Crippen molar-refractivity contribution in [3.8, 4) is 0 Å². The van der Waals surface area contributed by atoms with Gasteiger partial charge in [0.1, 0.15) is 0 Å². The molecule has 2 heterocycles. The van der Waals surface area contributed by atoms with Gasteiger partial charge in [0.15, 0.2) is 5.96 Å². The van der Waals surface area contributed by atoms with Gasteiger partial charge in [-0.15, -0.1) is 24.0 Å². The summed E-state index contributed by atoms with van der Waals surface area (Å²) in [4.78, 5) is 11.8. The summed E-state index contributed by atoms with van der Waals surface area (Å²) >= 11 is 2.00. The highest BCUT2D eigenvalue weighted by atomic mass is 127. The minimum atomic E-state index is 0. The van der Waals surface area contributed by atoms with Crippen molar-refractivity contribution >= 4 is 41.7 Å². The second-order valence-corrected chi connectivity index (χ2v) is 7.23. The molecule has 5 nitrogen and oxygen atoms in total. The first-order valence-corrected chi connectivity index (χ1v) is 8.84. The van der Waals surface area contributed by atoms with Crippen molar-refractivity contribution in [2.24, 2.45) is 16.6 Å². The van der Waals surface area contributed by atoms with Gasteiger partial charge in [0.25, 0.3) is 0 Å². The first-order valence-electron chi connectivity index (χ1n) is 7.68. The summed E-state index contributed by atoms with van der Waals surface area (Å²) in [6.07, 6.45) is 0. The van der Waals surface area contributed by atoms with Gasteiger partial charge in [0, 0.05) is 63.9 Å². The Morgan fingerprint density at radius 3 is 2.38 bits per heavy atom. The van der Waals surface area contributed by atoms with E-state index in [4.69, 9.17) is 5.73 Å². The number of aliphatic imine (C=N–C) groups is 1. The molecule has 1 unspecified atom stereocenters. The first kappa shape index (κ1) is 19.3. The number of piperazine rings is 1. The Bertz CT molecular complexity index is 314. The van der Waals surface area contributed by atoms with E-state index in [-0.39, 0.29) is 24.0 Å². The predicted molar refractivity (Wildman–Crippen MR) is 104 cm³/mol. The molecule has 0 bridgehead atoms. The molecule has 124 valence electrons. The maximum Gasteiger partial charge on any atom is 0.191 e. The Kier molecular flexibility index (Phi) is 9.31. The molecule has 0 aromatic heterocycles. The average Bonchev–Trinajstić information content (AvgIpc) is 2.48. The third kappa shape index (κ3) is 6.92. The lowest BCUT2D eigenvalue weighted by molar-refractivity contribution is 0.140. The van der Waals surface area contributed by atoms with Gasteiger partial charge in [-0.1, -0.05) is 6.92 Å². The van der Waals surface area contributed by atoms with Crippen LogP contribution < -0.4 is 5.73 Å². The van der Waals surface area contributed by atoms with E-state index < -0.39 is 0 Å². The normalized spacial score (nSPS) is 23.7. The van der Waals surface area contributed by atoms with Crippen LogP contribution in [-0.4, -0.2) is 91.6 Å². The van der Waals surface area contributed by atoms with E-state index in [9.17, 15) is 0 Å². The van der Waals surface area contributed by atoms with Crippen LogP contribution in [-0.2, 0) is 0 Å². The SMILES string of the molecule is CC(CN=C(N)N1CCSCC1)CN1CCN(C)CC1.I. The molecule has 0 aliphatic carbocycles. The van der Waals surface area contributed by atoms with Crippen LogP contribution in [0.4, 0.5) is 0 Å². The van der Waals surface area contributed by atoms with Gasteiger partial charge in [-0.2, -0.15) is 11.8 Å². The third-order valence-corrected chi connectivity index (χ3v) is 5.01. The van der Waals surface area contributed by atoms with Crippen LogP contribution in [0, 0.1) is 5.92 Å². The van der Waals surface area contributed by atoms with Gasteiger partial charge in [-0.3, -0.25) is 4.99 Å². The summed E-state index contributed by atoms with van der Waals surface area (Å²) in [5.74, 6) is 3.67. The van der Waals surface area contributed by atoms with Crippen molar-refractivity contribution in [1.29, 1.82) is 0 Å². The molecular formula is C14H30IN5S. The quantitative estimate of drug-likeness (QED) is 0.410. The summed E-state index contributed by atoms with van der Waals surface area (Å²) in [5, 5.41) is 0. The Hall–Kier alpha value is 0.270. The van der Waals surface area contributed by atoms with E-state index in [1.165, 1.54) is 37.7 Å². The smallest absolute Gasteiger partial charge is 0.191 e. The summed E-state index contributed by atoms with van der Waals surface area (Å²) < 4.78 is 0. The topological polar surface area (TPSA) is 48.1 Å². The molecule has 2 saturated heterocycles. The second kappa shape index (κ2) is 10.1. The fourth-order valence-corrected chi connectivity index (χ4v) is 3.57. The Morgan fingerprint density at radius 2 is 1.76 bits per heavy atom. The summed E-state index contributed by atoms with van der Waals surface area (Å²) in [6, 6.07) is 0. The van der Waals surface area contributed by atoms with Crippen LogP contribution in [0.2, 0.25) is 0 Å². The minimum absolute atomic E-state index is 0. The zero-order valence-electron chi connectivity index (χ0n) is 13.3. The molecule has 2 aliphatic rings. The second-order valence-electron chi connectivity index (χ2n) is 6.01. The number of likely N-dealkylation sites (N-methyl/N-ethyl adjacent to an activating group) is 1. The molecule has 2 aliphatic heterocycles. The lowest BCUT2D eigenvalue weighted by Crippen LogP contribution is -2.46. The van der Waals surface area contributed by atoms with Gasteiger partial charge in [-0.25, -0.2) is 0 Å². The fourth-order valence-electron chi connectivity index (χ4n) is 2.67. The monoisotopic (exact) mass is 427 g/mol. The van der Waals surface area contributed by atoms with Crippen molar-refractivity contribution in [3.05, 3.63) is 0 Å². The summed E-state index contributed by atoms with van der Waals surface area (Å²) in [6.45, 7) is 11.1. The van der Waals surface area contributed by atoms with Crippen molar-refractivity contribution < 1.29 is 0 Å². The molecule has 1 atom stereocenters. The number of halogens is 1. The number of nitrogens with zero attached hydrogens (tertiary/aromatic N) is 4. The highest BCUT2D eigenvalue weighted by Gasteiger charge is 2.16. The molecule has 0 saturated carbocycles. The van der Waals surface area contributed by atoms with E-state index in [2.05, 4.69) is 33.7 Å². The van der Waals surface area contributed by atoms with E-state index in [1.54, 1.807) is 0 Å². The number of hydrogen-bond donors (Lipinski definition) is 1. The Labute approximate surface area is 150 Å². The van der Waals surface area contributed by atoms with Crippen LogP contribution in [0.3, 0.4) is 0 Å². The minimum Gasteiger partial charge on any atom is -0.370 e. The van der Waals surface area contributed by atoms with Crippen molar-refractivity contribution in [2.75, 3.05) is 70.9 Å². The van der Waals surface area contributed by atoms with Crippen LogP contribution in [0.5, 0.6) is 0 Å². The molecule has 0 aromatic rings. The fraction of sp³-hybridized carbons (Fsp3) is 0.929. The van der Waals surface area contributed by atoms with E-state index in [0.717, 1.165) is 32.1 Å². The molecule has 0 amide bonds. The lowest BCUT2D eigenvalue weighted by atomic mass is 10.1. The van der Waals surface area contributed by atoms with Crippen molar-refractivity contribution in [2.45, 2.75) is 6.92 Å². The Balaban J connectivity index is 0.00000220. The number of rotatable bonds is 4. The van der Waals surface area contributed by atoms with E-state index in [0.29, 0.717) is 5.92 Å². The average molecular weight is 427 g/mol. The largest absolute Gasteiger partial charge is 0.370 e. The van der Waals surface area contributed by atoms with E-state index >= 15 is 0 Å². The van der Waals surface area contributed by atoms with Crippen LogP contribution >= 0.6 is 35.7 Å². The Morgan fingerprint density at radius 1 is 1.14 bits per heavy atom. The van der Waals surface area contributed by atoms with Gasteiger partial charge in [-0.05, 0) is 13.0 Å². The third-order valence-electron chi connectivity index (χ3n) is 4.07. The van der Waals surface area contributed by atoms with Crippen molar-refractivity contribution in [1.82, 2.24) is 14.7 Å². The first-order chi connectivity index (χ1) is 9.65. The number of thioether (sulfide) groups is 1. The number of guanidine groups is 1. The zero-order chi connectivity index (χ0) is 14.4. The molecule has 2 rings (SSSR count). The molecule has 0 spiro atoms. The van der Waals surface area contributed by atoms with Crippen LogP contribution in [0.15, 0.2) is 4.99 Å². The van der Waals surface area contributed by atoms with E-state index in [1.807, 2.05) is 11.8 Å². The van der Waals surface area contributed by atoms with Gasteiger partial charge in [0.05, 0.1) is 0 Å². The molecule has 0 aromatic carbocycles. The maximum absolute atomic E-state index is 6.09. The summed E-state index contributed by atoms with van der Waals surface area (Å²) in [5.41, 5.74) is 6.09. The highest BCUT2D eigenvalue weighted by Crippen LogP contribution is 2.09. The van der Waals surface area contributed by atoms with Gasteiger partial charge >= 0.3 is 0 Å².